The van der Waals surface area contributed by atoms with Crippen LogP contribution >= 0.6 is 0 Å². The number of para-hydroxylation sites is 1. The molecule has 0 heterocycles. The highest BCUT2D eigenvalue weighted by Gasteiger charge is 2.43. The van der Waals surface area contributed by atoms with Crippen molar-refractivity contribution in [1.29, 1.82) is 5.26 Å². The molecule has 20 heavy (non-hydrogen) atoms. The van der Waals surface area contributed by atoms with E-state index in [-0.39, 0.29) is 18.4 Å². The highest BCUT2D eigenvalue weighted by Crippen LogP contribution is 2.39. The number of benzene rings is 1. The molecule has 1 fully saturated rings. The molecule has 0 bridgehead atoms. The smallest absolute Gasteiger partial charge is 0.259 e. The van der Waals surface area contributed by atoms with E-state index in [9.17, 15) is 9.59 Å². The van der Waals surface area contributed by atoms with Gasteiger partial charge in [-0.15, -0.1) is 0 Å². The number of nitrogens with zero attached hydrogens (tertiary/aromatic N) is 1. The van der Waals surface area contributed by atoms with Crippen LogP contribution in [0.5, 0.6) is 5.75 Å². The lowest BCUT2D eigenvalue weighted by atomic mass is 9.98. The molecule has 1 aliphatic rings. The van der Waals surface area contributed by atoms with Gasteiger partial charge in [-0.2, -0.15) is 5.26 Å². The van der Waals surface area contributed by atoms with E-state index in [1.54, 1.807) is 31.2 Å². The van der Waals surface area contributed by atoms with Crippen LogP contribution in [0.2, 0.25) is 0 Å². The second-order valence-corrected chi connectivity index (χ2v) is 5.08. The van der Waals surface area contributed by atoms with Gasteiger partial charge in [0.2, 0.25) is 0 Å². The highest BCUT2D eigenvalue weighted by molar-refractivity contribution is 5.81. The summed E-state index contributed by atoms with van der Waals surface area (Å²) in [6.07, 6.45) is 2.59. The number of carbonyl (C=O) groups excluding carboxylic acids is 2. The Balaban J connectivity index is 1.92. The fourth-order valence-electron chi connectivity index (χ4n) is 2.06. The minimum atomic E-state index is -0.829. The lowest BCUT2D eigenvalue weighted by molar-refractivity contribution is -0.124. The second kappa shape index (κ2) is 5.74. The van der Waals surface area contributed by atoms with Crippen molar-refractivity contribution in [2.24, 2.45) is 5.92 Å². The van der Waals surface area contributed by atoms with Crippen molar-refractivity contribution < 1.29 is 14.3 Å². The second-order valence-electron chi connectivity index (χ2n) is 5.08. The van der Waals surface area contributed by atoms with Crippen molar-refractivity contribution in [3.05, 3.63) is 29.8 Å². The Morgan fingerprint density at radius 2 is 2.25 bits per heavy atom. The van der Waals surface area contributed by atoms with Gasteiger partial charge < -0.3 is 10.1 Å². The average Bonchev–Trinajstić information content (AvgIpc) is 3.30. The molecular formula is C15H16N2O3. The summed E-state index contributed by atoms with van der Waals surface area (Å²) in [6, 6.07) is 8.83. The number of hydrogen-bond donors (Lipinski definition) is 1. The number of hydrogen-bond acceptors (Lipinski definition) is 4. The van der Waals surface area contributed by atoms with Crippen molar-refractivity contribution in [2.75, 3.05) is 6.61 Å². The Bertz CT molecular complexity index is 560. The molecule has 0 unspecified atom stereocenters. The van der Waals surface area contributed by atoms with E-state index in [0.29, 0.717) is 17.6 Å². The molecule has 1 aromatic carbocycles. The summed E-state index contributed by atoms with van der Waals surface area (Å²) < 4.78 is 5.33. The van der Waals surface area contributed by atoms with Gasteiger partial charge in [-0.25, -0.2) is 0 Å². The first kappa shape index (κ1) is 14.1. The van der Waals surface area contributed by atoms with Crippen molar-refractivity contribution in [3.8, 4) is 11.8 Å². The third-order valence-corrected chi connectivity index (χ3v) is 3.43. The Morgan fingerprint density at radius 1 is 1.55 bits per heavy atom. The molecule has 0 aromatic heterocycles. The van der Waals surface area contributed by atoms with E-state index < -0.39 is 5.54 Å². The Labute approximate surface area is 117 Å². The van der Waals surface area contributed by atoms with Crippen LogP contribution in [-0.4, -0.2) is 24.3 Å². The van der Waals surface area contributed by atoms with Gasteiger partial charge in [-0.3, -0.25) is 9.59 Å². The molecule has 0 radical (unpaired) electrons. The van der Waals surface area contributed by atoms with Crippen LogP contribution in [0.25, 0.3) is 0 Å². The summed E-state index contributed by atoms with van der Waals surface area (Å²) in [5.74, 6) is 0.225. The summed E-state index contributed by atoms with van der Waals surface area (Å²) in [5.41, 5.74) is -0.435. The maximum atomic E-state index is 11.8. The largest absolute Gasteiger partial charge is 0.483 e. The van der Waals surface area contributed by atoms with Crippen molar-refractivity contribution >= 4 is 12.2 Å². The first-order valence-electron chi connectivity index (χ1n) is 6.48. The number of nitrogens with one attached hydrogen (secondary N) is 1. The standard InChI is InChI=1S/C15H16N2O3/c1-15(10-16,12-6-7-12)17-14(19)9-20-13-5-3-2-4-11(13)8-18/h2-5,8,12H,6-7,9H2,1H3,(H,17,19)/t15-/m0/s1. The van der Waals surface area contributed by atoms with Crippen LogP contribution < -0.4 is 10.1 Å². The molecule has 0 spiro atoms. The SMILES string of the molecule is C[C@@](C#N)(NC(=O)COc1ccccc1C=O)C1CC1. The molecular weight excluding hydrogens is 256 g/mol. The summed E-state index contributed by atoms with van der Waals surface area (Å²) in [6.45, 7) is 1.51. The first-order chi connectivity index (χ1) is 9.59. The monoisotopic (exact) mass is 272 g/mol. The van der Waals surface area contributed by atoms with Crippen LogP contribution in [0.15, 0.2) is 24.3 Å². The fraction of sp³-hybridized carbons (Fsp3) is 0.400. The van der Waals surface area contributed by atoms with Gasteiger partial charge >= 0.3 is 0 Å². The summed E-state index contributed by atoms with van der Waals surface area (Å²) in [5, 5.41) is 11.9. The molecule has 104 valence electrons. The van der Waals surface area contributed by atoms with Gasteiger partial charge in [0.25, 0.3) is 5.91 Å². The Morgan fingerprint density at radius 3 is 2.85 bits per heavy atom. The maximum absolute atomic E-state index is 11.8. The predicted molar refractivity (Wildman–Crippen MR) is 72.2 cm³/mol. The van der Waals surface area contributed by atoms with Gasteiger partial charge in [0.1, 0.15) is 11.3 Å². The minimum Gasteiger partial charge on any atom is -0.483 e. The number of aldehydes is 1. The quantitative estimate of drug-likeness (QED) is 0.799. The van der Waals surface area contributed by atoms with E-state index in [0.717, 1.165) is 12.8 Å². The topological polar surface area (TPSA) is 79.2 Å². The molecule has 1 aliphatic carbocycles. The third-order valence-electron chi connectivity index (χ3n) is 3.43. The normalized spacial score (nSPS) is 16.6. The predicted octanol–water partition coefficient (Wildman–Crippen LogP) is 1.69. The minimum absolute atomic E-state index is 0.213. The van der Waals surface area contributed by atoms with Gasteiger partial charge in [-0.1, -0.05) is 12.1 Å². The van der Waals surface area contributed by atoms with Crippen LogP contribution in [0.3, 0.4) is 0 Å². The molecule has 5 heteroatoms. The number of carbonyl (C=O) groups is 2. The zero-order valence-electron chi connectivity index (χ0n) is 11.3. The van der Waals surface area contributed by atoms with Crippen molar-refractivity contribution in [2.45, 2.75) is 25.3 Å². The van der Waals surface area contributed by atoms with E-state index in [1.807, 2.05) is 0 Å². The molecule has 1 saturated carbocycles. The van der Waals surface area contributed by atoms with Gasteiger partial charge in [-0.05, 0) is 37.8 Å². The lowest BCUT2D eigenvalue weighted by Crippen LogP contribution is -2.48. The number of nitriles is 1. The molecule has 1 amide bonds. The Hall–Kier alpha value is -2.35. The number of rotatable bonds is 6. The molecule has 1 aromatic rings. The summed E-state index contributed by atoms with van der Waals surface area (Å²) in [4.78, 5) is 22.7. The van der Waals surface area contributed by atoms with Gasteiger partial charge in [0.15, 0.2) is 12.9 Å². The van der Waals surface area contributed by atoms with E-state index in [2.05, 4.69) is 11.4 Å². The summed E-state index contributed by atoms with van der Waals surface area (Å²) in [7, 11) is 0. The third kappa shape index (κ3) is 3.15. The van der Waals surface area contributed by atoms with Crippen LogP contribution in [0.1, 0.15) is 30.1 Å². The zero-order valence-corrected chi connectivity index (χ0v) is 11.3. The van der Waals surface area contributed by atoms with Gasteiger partial charge in [0.05, 0.1) is 11.6 Å². The number of ether oxygens (including phenoxy) is 1. The van der Waals surface area contributed by atoms with Crippen LogP contribution in [0, 0.1) is 17.2 Å². The van der Waals surface area contributed by atoms with Crippen LogP contribution in [-0.2, 0) is 4.79 Å². The highest BCUT2D eigenvalue weighted by atomic mass is 16.5. The first-order valence-corrected chi connectivity index (χ1v) is 6.48. The average molecular weight is 272 g/mol. The molecule has 2 rings (SSSR count). The van der Waals surface area contributed by atoms with Crippen molar-refractivity contribution in [3.63, 3.8) is 0 Å². The molecule has 0 saturated heterocycles. The van der Waals surface area contributed by atoms with E-state index >= 15 is 0 Å². The fourth-order valence-corrected chi connectivity index (χ4v) is 2.06. The molecule has 1 N–H and O–H groups in total. The summed E-state index contributed by atoms with van der Waals surface area (Å²) >= 11 is 0. The van der Waals surface area contributed by atoms with Crippen LogP contribution in [0.4, 0.5) is 0 Å². The molecule has 5 nitrogen and oxygen atoms in total. The lowest BCUT2D eigenvalue weighted by Gasteiger charge is -2.22. The molecule has 1 atom stereocenters. The Kier molecular flexibility index (Phi) is 4.04. The van der Waals surface area contributed by atoms with E-state index in [1.165, 1.54) is 0 Å². The van der Waals surface area contributed by atoms with Crippen molar-refractivity contribution in [1.82, 2.24) is 5.32 Å². The zero-order chi connectivity index (χ0) is 14.6. The van der Waals surface area contributed by atoms with E-state index in [4.69, 9.17) is 10.00 Å². The van der Waals surface area contributed by atoms with Gasteiger partial charge in [0, 0.05) is 0 Å². The number of amides is 1. The maximum Gasteiger partial charge on any atom is 0.259 e. The molecule has 0 aliphatic heterocycles.